The average molecular weight is 206 g/mol. The molecule has 0 aromatic carbocycles. The summed E-state index contributed by atoms with van der Waals surface area (Å²) in [6, 6.07) is 0. The summed E-state index contributed by atoms with van der Waals surface area (Å²) in [5, 5.41) is 10.7. The van der Waals surface area contributed by atoms with Crippen molar-refractivity contribution in [3.05, 3.63) is 35.0 Å². The van der Waals surface area contributed by atoms with Crippen molar-refractivity contribution in [1.29, 1.82) is 0 Å². The summed E-state index contributed by atoms with van der Waals surface area (Å²) in [5.74, 6) is 0.0781. The van der Waals surface area contributed by atoms with E-state index in [1.165, 1.54) is 23.3 Å². The molecule has 8 nitrogen and oxygen atoms in total. The summed E-state index contributed by atoms with van der Waals surface area (Å²) in [7, 11) is 0. The molecule has 0 saturated heterocycles. The van der Waals surface area contributed by atoms with Crippen molar-refractivity contribution in [3.63, 3.8) is 0 Å². The second kappa shape index (κ2) is 3.33. The fourth-order valence-corrected chi connectivity index (χ4v) is 1.08. The molecule has 2 rings (SSSR count). The number of hydrogen-bond acceptors (Lipinski definition) is 6. The molecule has 15 heavy (non-hydrogen) atoms. The first-order chi connectivity index (χ1) is 7.18. The summed E-state index contributed by atoms with van der Waals surface area (Å²) < 4.78 is 1.40. The van der Waals surface area contributed by atoms with E-state index in [4.69, 9.17) is 5.73 Å². The number of hydrogen-bond donors (Lipinski definition) is 1. The van der Waals surface area contributed by atoms with Crippen LogP contribution >= 0.6 is 0 Å². The Bertz CT molecular complexity index is 494. The van der Waals surface area contributed by atoms with Crippen molar-refractivity contribution in [2.45, 2.75) is 0 Å². The maximum Gasteiger partial charge on any atom is 0.330 e. The smallest absolute Gasteiger partial charge is 0.330 e. The predicted octanol–water partition coefficient (Wildman–Crippen LogP) is 0.153. The van der Waals surface area contributed by atoms with E-state index >= 15 is 0 Å². The Kier molecular flexibility index (Phi) is 2.01. The number of nitrogen functional groups attached to an aromatic ring is 1. The van der Waals surface area contributed by atoms with Crippen molar-refractivity contribution in [2.24, 2.45) is 0 Å². The van der Waals surface area contributed by atoms with Crippen LogP contribution in [-0.4, -0.2) is 24.4 Å². The third kappa shape index (κ3) is 1.59. The van der Waals surface area contributed by atoms with E-state index in [0.29, 0.717) is 0 Å². The fraction of sp³-hybridized carbons (Fsp3) is 0. The number of anilines is 1. The normalized spacial score (nSPS) is 10.1. The van der Waals surface area contributed by atoms with Crippen molar-refractivity contribution in [1.82, 2.24) is 19.5 Å². The molecule has 0 atom stereocenters. The largest absolute Gasteiger partial charge is 0.368 e. The number of aromatic nitrogens is 4. The SMILES string of the molecule is Nc1ncc([N+](=O)[O-])c(-n2ccnc2)n1. The van der Waals surface area contributed by atoms with Crippen LogP contribution in [0.2, 0.25) is 0 Å². The Morgan fingerprint density at radius 2 is 2.33 bits per heavy atom. The lowest BCUT2D eigenvalue weighted by molar-refractivity contribution is -0.385. The summed E-state index contributed by atoms with van der Waals surface area (Å²) >= 11 is 0. The third-order valence-corrected chi connectivity index (χ3v) is 1.71. The first kappa shape index (κ1) is 9.06. The predicted molar refractivity (Wildman–Crippen MR) is 50.2 cm³/mol. The molecule has 8 heteroatoms. The van der Waals surface area contributed by atoms with Crippen LogP contribution in [0, 0.1) is 10.1 Å². The van der Waals surface area contributed by atoms with E-state index < -0.39 is 4.92 Å². The van der Waals surface area contributed by atoms with Gasteiger partial charge in [-0.15, -0.1) is 0 Å². The zero-order valence-corrected chi connectivity index (χ0v) is 7.44. The highest BCUT2D eigenvalue weighted by Crippen LogP contribution is 2.19. The Labute approximate surface area is 83.6 Å². The molecule has 0 bridgehead atoms. The molecule has 0 fully saturated rings. The van der Waals surface area contributed by atoms with Gasteiger partial charge in [-0.25, -0.2) is 9.97 Å². The summed E-state index contributed by atoms with van der Waals surface area (Å²) in [5.41, 5.74) is 5.13. The van der Waals surface area contributed by atoms with Gasteiger partial charge in [0.1, 0.15) is 12.5 Å². The van der Waals surface area contributed by atoms with Crippen LogP contribution in [0.3, 0.4) is 0 Å². The van der Waals surface area contributed by atoms with Gasteiger partial charge in [-0.05, 0) is 0 Å². The molecule has 2 aromatic heterocycles. The molecule has 0 radical (unpaired) electrons. The Hall–Kier alpha value is -2.51. The molecule has 76 valence electrons. The Balaban J connectivity index is 2.63. The molecule has 0 unspecified atom stereocenters. The second-order valence-electron chi connectivity index (χ2n) is 2.66. The topological polar surface area (TPSA) is 113 Å². The molecular weight excluding hydrogens is 200 g/mol. The lowest BCUT2D eigenvalue weighted by Gasteiger charge is -2.01. The third-order valence-electron chi connectivity index (χ3n) is 1.71. The quantitative estimate of drug-likeness (QED) is 0.552. The zero-order chi connectivity index (χ0) is 10.8. The highest BCUT2D eigenvalue weighted by molar-refractivity contribution is 5.47. The van der Waals surface area contributed by atoms with Crippen LogP contribution < -0.4 is 5.73 Å². The summed E-state index contributed by atoms with van der Waals surface area (Å²) in [4.78, 5) is 21.2. The van der Waals surface area contributed by atoms with E-state index in [1.807, 2.05) is 0 Å². The van der Waals surface area contributed by atoms with E-state index in [9.17, 15) is 10.1 Å². The minimum absolute atomic E-state index is 0.0238. The van der Waals surface area contributed by atoms with Crippen molar-refractivity contribution in [2.75, 3.05) is 5.73 Å². The number of nitrogens with two attached hydrogens (primary N) is 1. The lowest BCUT2D eigenvalue weighted by Crippen LogP contribution is -2.05. The van der Waals surface area contributed by atoms with E-state index in [2.05, 4.69) is 15.0 Å². The molecular formula is C7H6N6O2. The van der Waals surface area contributed by atoms with E-state index in [1.54, 1.807) is 0 Å². The first-order valence-corrected chi connectivity index (χ1v) is 3.93. The van der Waals surface area contributed by atoms with Crippen LogP contribution in [0.4, 0.5) is 11.6 Å². The van der Waals surface area contributed by atoms with Gasteiger partial charge in [0.25, 0.3) is 0 Å². The molecule has 0 spiro atoms. The van der Waals surface area contributed by atoms with Crippen molar-refractivity contribution >= 4 is 11.6 Å². The molecule has 2 aromatic rings. The molecule has 0 aliphatic heterocycles. The van der Waals surface area contributed by atoms with Crippen LogP contribution in [0.15, 0.2) is 24.9 Å². The Morgan fingerprint density at radius 1 is 1.53 bits per heavy atom. The van der Waals surface area contributed by atoms with Gasteiger partial charge in [0.05, 0.1) is 4.92 Å². The van der Waals surface area contributed by atoms with Gasteiger partial charge in [0.15, 0.2) is 0 Å². The van der Waals surface area contributed by atoms with Gasteiger partial charge in [0.2, 0.25) is 11.8 Å². The average Bonchev–Trinajstić information content (AvgIpc) is 2.69. The number of rotatable bonds is 2. The minimum atomic E-state index is -0.575. The fourth-order valence-electron chi connectivity index (χ4n) is 1.08. The van der Waals surface area contributed by atoms with Gasteiger partial charge in [-0.1, -0.05) is 0 Å². The molecule has 2 heterocycles. The standard InChI is InChI=1S/C7H6N6O2/c8-7-10-3-5(13(14)15)6(11-7)12-2-1-9-4-12/h1-4H,(H2,8,10,11). The van der Waals surface area contributed by atoms with Crippen LogP contribution in [-0.2, 0) is 0 Å². The molecule has 0 aliphatic rings. The molecule has 2 N–H and O–H groups in total. The lowest BCUT2D eigenvalue weighted by atomic mass is 10.5. The number of imidazole rings is 1. The van der Waals surface area contributed by atoms with Crippen molar-refractivity contribution < 1.29 is 4.92 Å². The molecule has 0 saturated carbocycles. The maximum atomic E-state index is 10.7. The molecule has 0 aliphatic carbocycles. The van der Waals surface area contributed by atoms with Crippen molar-refractivity contribution in [3.8, 4) is 5.82 Å². The second-order valence-corrected chi connectivity index (χ2v) is 2.66. The zero-order valence-electron chi connectivity index (χ0n) is 7.44. The first-order valence-electron chi connectivity index (χ1n) is 3.93. The summed E-state index contributed by atoms with van der Waals surface area (Å²) in [6.45, 7) is 0. The highest BCUT2D eigenvalue weighted by atomic mass is 16.6. The van der Waals surface area contributed by atoms with Gasteiger partial charge in [-0.2, -0.15) is 4.98 Å². The minimum Gasteiger partial charge on any atom is -0.368 e. The van der Waals surface area contributed by atoms with Gasteiger partial charge < -0.3 is 5.73 Å². The number of nitrogens with zero attached hydrogens (tertiary/aromatic N) is 5. The van der Waals surface area contributed by atoms with E-state index in [0.717, 1.165) is 6.20 Å². The monoisotopic (exact) mass is 206 g/mol. The van der Waals surface area contributed by atoms with E-state index in [-0.39, 0.29) is 17.5 Å². The van der Waals surface area contributed by atoms with Crippen LogP contribution in [0.5, 0.6) is 0 Å². The molecule has 0 amide bonds. The van der Waals surface area contributed by atoms with Crippen LogP contribution in [0.25, 0.3) is 5.82 Å². The van der Waals surface area contributed by atoms with Gasteiger partial charge >= 0.3 is 5.69 Å². The van der Waals surface area contributed by atoms with Gasteiger partial charge in [0, 0.05) is 12.4 Å². The Morgan fingerprint density at radius 3 is 2.93 bits per heavy atom. The van der Waals surface area contributed by atoms with Crippen LogP contribution in [0.1, 0.15) is 0 Å². The van der Waals surface area contributed by atoms with Gasteiger partial charge in [-0.3, -0.25) is 14.7 Å². The summed E-state index contributed by atoms with van der Waals surface area (Å²) in [6.07, 6.45) is 5.49. The number of nitro groups is 1. The maximum absolute atomic E-state index is 10.7. The highest BCUT2D eigenvalue weighted by Gasteiger charge is 2.17.